The summed E-state index contributed by atoms with van der Waals surface area (Å²) in [7, 11) is 0. The minimum atomic E-state index is -3.07. The second-order valence-corrected chi connectivity index (χ2v) is 5.91. The summed E-state index contributed by atoms with van der Waals surface area (Å²) in [5, 5.41) is 2.59. The van der Waals surface area contributed by atoms with Gasteiger partial charge in [-0.25, -0.2) is 8.78 Å². The minimum Gasteiger partial charge on any atom is -0.459 e. The van der Waals surface area contributed by atoms with E-state index in [9.17, 15) is 18.4 Å². The number of likely N-dealkylation sites (tertiary alicyclic amines) is 1. The largest absolute Gasteiger partial charge is 0.459 e. The Kier molecular flexibility index (Phi) is 3.04. The van der Waals surface area contributed by atoms with E-state index >= 15 is 0 Å². The highest BCUT2D eigenvalue weighted by molar-refractivity contribution is 5.94. The van der Waals surface area contributed by atoms with Crippen LogP contribution < -0.4 is 5.32 Å². The highest BCUT2D eigenvalue weighted by Gasteiger charge is 2.56. The average Bonchev–Trinajstić information content (AvgIpc) is 2.95. The zero-order valence-corrected chi connectivity index (χ0v) is 11.6. The van der Waals surface area contributed by atoms with Crippen molar-refractivity contribution in [1.29, 1.82) is 0 Å². The highest BCUT2D eigenvalue weighted by atomic mass is 19.3. The van der Waals surface area contributed by atoms with Crippen LogP contribution in [0.1, 0.15) is 29.0 Å². The monoisotopic (exact) mass is 298 g/mol. The van der Waals surface area contributed by atoms with Gasteiger partial charge in [0.05, 0.1) is 18.2 Å². The van der Waals surface area contributed by atoms with Gasteiger partial charge in [-0.2, -0.15) is 0 Å². The number of furan rings is 1. The molecule has 2 aliphatic rings. The number of rotatable bonds is 1. The molecule has 114 valence electrons. The van der Waals surface area contributed by atoms with Crippen LogP contribution in [-0.2, 0) is 4.79 Å². The van der Waals surface area contributed by atoms with Crippen LogP contribution in [0.5, 0.6) is 0 Å². The van der Waals surface area contributed by atoms with E-state index in [4.69, 9.17) is 4.42 Å². The molecule has 2 aliphatic heterocycles. The Morgan fingerprint density at radius 2 is 2.19 bits per heavy atom. The lowest BCUT2D eigenvalue weighted by molar-refractivity contribution is -0.144. The van der Waals surface area contributed by atoms with Gasteiger partial charge in [0.15, 0.2) is 5.76 Å². The topological polar surface area (TPSA) is 62.6 Å². The van der Waals surface area contributed by atoms with E-state index < -0.39 is 36.1 Å². The summed E-state index contributed by atoms with van der Waals surface area (Å²) in [6.07, 6.45) is 1.16. The molecule has 0 aliphatic carbocycles. The molecule has 0 unspecified atom stereocenters. The molecular formula is C14H16F2N2O3. The predicted octanol–water partition coefficient (Wildman–Crippen LogP) is 1.58. The Bertz CT molecular complexity index is 599. The summed E-state index contributed by atoms with van der Waals surface area (Å²) in [5.41, 5.74) is -0.587. The van der Waals surface area contributed by atoms with Crippen LogP contribution in [-0.4, -0.2) is 42.3 Å². The van der Waals surface area contributed by atoms with Gasteiger partial charge < -0.3 is 14.6 Å². The second-order valence-electron chi connectivity index (χ2n) is 5.91. The van der Waals surface area contributed by atoms with Gasteiger partial charge in [-0.1, -0.05) is 0 Å². The number of carbonyl (C=O) groups is 2. The molecule has 0 bridgehead atoms. The van der Waals surface area contributed by atoms with E-state index in [0.29, 0.717) is 18.5 Å². The Morgan fingerprint density at radius 1 is 1.43 bits per heavy atom. The first-order valence-corrected chi connectivity index (χ1v) is 6.83. The third-order valence-corrected chi connectivity index (χ3v) is 4.23. The van der Waals surface area contributed by atoms with Gasteiger partial charge in [-0.15, -0.1) is 0 Å². The molecule has 0 aromatic carbocycles. The van der Waals surface area contributed by atoms with Crippen LogP contribution in [0.3, 0.4) is 0 Å². The maximum absolute atomic E-state index is 14.0. The molecule has 21 heavy (non-hydrogen) atoms. The number of hydrogen-bond acceptors (Lipinski definition) is 3. The molecule has 2 fully saturated rings. The number of aryl methyl sites for hydroxylation is 1. The third-order valence-electron chi connectivity index (χ3n) is 4.23. The number of amides is 2. The molecule has 2 saturated heterocycles. The van der Waals surface area contributed by atoms with E-state index in [1.54, 1.807) is 13.0 Å². The number of alkyl halides is 2. The molecule has 3 heterocycles. The first-order chi connectivity index (χ1) is 9.83. The number of hydrogen-bond donors (Lipinski definition) is 1. The number of nitrogens with one attached hydrogen (secondary N) is 1. The first kappa shape index (κ1) is 14.0. The Morgan fingerprint density at radius 3 is 2.76 bits per heavy atom. The molecule has 1 aromatic rings. The van der Waals surface area contributed by atoms with Gasteiger partial charge in [0.2, 0.25) is 5.91 Å². The SMILES string of the molecule is Cc1ccoc1C(=O)N1CC(F)(F)C[C@@]2(CCNC2=O)C1. The van der Waals surface area contributed by atoms with Gasteiger partial charge in [0, 0.05) is 25.1 Å². The van der Waals surface area contributed by atoms with Gasteiger partial charge in [0.25, 0.3) is 11.8 Å². The third kappa shape index (κ3) is 2.30. The molecular weight excluding hydrogens is 282 g/mol. The zero-order valence-electron chi connectivity index (χ0n) is 11.6. The fourth-order valence-corrected chi connectivity index (χ4v) is 3.22. The molecule has 1 aromatic heterocycles. The van der Waals surface area contributed by atoms with Crippen molar-refractivity contribution in [2.24, 2.45) is 5.41 Å². The average molecular weight is 298 g/mol. The molecule has 0 saturated carbocycles. The van der Waals surface area contributed by atoms with Crippen molar-refractivity contribution in [3.05, 3.63) is 23.7 Å². The normalized spacial score (nSPS) is 28.0. The van der Waals surface area contributed by atoms with Crippen LogP contribution in [0.4, 0.5) is 8.78 Å². The molecule has 2 amide bonds. The Balaban J connectivity index is 1.90. The molecule has 1 atom stereocenters. The fourth-order valence-electron chi connectivity index (χ4n) is 3.22. The molecule has 3 rings (SSSR count). The second kappa shape index (κ2) is 4.54. The summed E-state index contributed by atoms with van der Waals surface area (Å²) in [6, 6.07) is 1.60. The zero-order chi connectivity index (χ0) is 15.3. The number of nitrogens with zero attached hydrogens (tertiary/aromatic N) is 1. The predicted molar refractivity (Wildman–Crippen MR) is 69.0 cm³/mol. The number of halogens is 2. The lowest BCUT2D eigenvalue weighted by Crippen LogP contribution is -2.56. The maximum atomic E-state index is 14.0. The lowest BCUT2D eigenvalue weighted by atomic mass is 9.77. The number of carbonyl (C=O) groups excluding carboxylic acids is 2. The molecule has 7 heteroatoms. The van der Waals surface area contributed by atoms with Gasteiger partial charge in [0.1, 0.15) is 0 Å². The molecule has 1 spiro atoms. The molecule has 5 nitrogen and oxygen atoms in total. The van der Waals surface area contributed by atoms with Gasteiger partial charge >= 0.3 is 0 Å². The smallest absolute Gasteiger partial charge is 0.290 e. The van der Waals surface area contributed by atoms with E-state index in [1.807, 2.05) is 0 Å². The van der Waals surface area contributed by atoms with Crippen LogP contribution in [0.2, 0.25) is 0 Å². The van der Waals surface area contributed by atoms with Crippen LogP contribution in [0.15, 0.2) is 16.7 Å². The molecule has 1 N–H and O–H groups in total. The van der Waals surface area contributed by atoms with Gasteiger partial charge in [-0.05, 0) is 19.4 Å². The van der Waals surface area contributed by atoms with Gasteiger partial charge in [-0.3, -0.25) is 9.59 Å². The van der Waals surface area contributed by atoms with E-state index in [2.05, 4.69) is 5.32 Å². The van der Waals surface area contributed by atoms with Crippen molar-refractivity contribution < 1.29 is 22.8 Å². The lowest BCUT2D eigenvalue weighted by Gasteiger charge is -2.42. The first-order valence-electron chi connectivity index (χ1n) is 6.83. The van der Waals surface area contributed by atoms with E-state index in [0.717, 1.165) is 4.90 Å². The van der Waals surface area contributed by atoms with Crippen LogP contribution in [0.25, 0.3) is 0 Å². The van der Waals surface area contributed by atoms with E-state index in [-0.39, 0.29) is 12.3 Å². The Hall–Kier alpha value is -1.92. The summed E-state index contributed by atoms with van der Waals surface area (Å²) in [6.45, 7) is 1.38. The quantitative estimate of drug-likeness (QED) is 0.856. The summed E-state index contributed by atoms with van der Waals surface area (Å²) >= 11 is 0. The van der Waals surface area contributed by atoms with Crippen molar-refractivity contribution >= 4 is 11.8 Å². The molecule has 0 radical (unpaired) electrons. The van der Waals surface area contributed by atoms with Crippen molar-refractivity contribution in [3.63, 3.8) is 0 Å². The standard InChI is InChI=1S/C14H16F2N2O3/c1-9-2-5-21-10(9)11(19)18-7-13(3-4-17-12(13)20)6-14(15,16)8-18/h2,5H,3-4,6-8H2,1H3,(H,17,20)/t13-/m0/s1. The van der Waals surface area contributed by atoms with Crippen molar-refractivity contribution in [1.82, 2.24) is 10.2 Å². The van der Waals surface area contributed by atoms with Crippen molar-refractivity contribution in [3.8, 4) is 0 Å². The van der Waals surface area contributed by atoms with Crippen molar-refractivity contribution in [2.45, 2.75) is 25.7 Å². The fraction of sp³-hybridized carbons (Fsp3) is 0.571. The summed E-state index contributed by atoms with van der Waals surface area (Å²) in [4.78, 5) is 25.4. The Labute approximate surface area is 120 Å². The summed E-state index contributed by atoms with van der Waals surface area (Å²) < 4.78 is 33.1. The van der Waals surface area contributed by atoms with Crippen molar-refractivity contribution in [2.75, 3.05) is 19.6 Å². The van der Waals surface area contributed by atoms with Crippen LogP contribution >= 0.6 is 0 Å². The maximum Gasteiger partial charge on any atom is 0.290 e. The highest BCUT2D eigenvalue weighted by Crippen LogP contribution is 2.43. The minimum absolute atomic E-state index is 0.00734. The van der Waals surface area contributed by atoms with E-state index in [1.165, 1.54) is 6.26 Å². The summed E-state index contributed by atoms with van der Waals surface area (Å²) in [5.74, 6) is -4.00. The number of piperidine rings is 1. The van der Waals surface area contributed by atoms with Crippen LogP contribution in [0, 0.1) is 12.3 Å².